The molecule has 5 heteroatoms. The molecule has 0 bridgehead atoms. The molecule has 4 nitrogen and oxygen atoms in total. The summed E-state index contributed by atoms with van der Waals surface area (Å²) >= 11 is 5.58. The van der Waals surface area contributed by atoms with Crippen LogP contribution in [0.2, 0.25) is 5.02 Å². The van der Waals surface area contributed by atoms with Crippen molar-refractivity contribution < 1.29 is 15.0 Å². The van der Waals surface area contributed by atoms with Crippen LogP contribution in [0, 0.1) is 0 Å². The van der Waals surface area contributed by atoms with Crippen LogP contribution >= 0.6 is 11.6 Å². The van der Waals surface area contributed by atoms with E-state index in [1.165, 1.54) is 18.2 Å². The molecule has 0 aliphatic carbocycles. The first-order chi connectivity index (χ1) is 6.13. The van der Waals surface area contributed by atoms with E-state index in [2.05, 4.69) is 5.32 Å². The van der Waals surface area contributed by atoms with Crippen molar-refractivity contribution in [3.63, 3.8) is 0 Å². The zero-order valence-electron chi connectivity index (χ0n) is 6.62. The minimum absolute atomic E-state index is 0.0522. The standard InChI is InChI=1S/C8H8ClNO3/c9-6-3-5(1-2-7(6)12)10-8(13)4-11/h1-3,11-12H,4H2,(H,10,13). The quantitative estimate of drug-likeness (QED) is 0.625. The number of aliphatic hydroxyl groups is 1. The van der Waals surface area contributed by atoms with Crippen LogP contribution in [-0.2, 0) is 4.79 Å². The molecule has 0 heterocycles. The number of carbonyl (C=O) groups excluding carboxylic acids is 1. The molecular formula is C8H8ClNO3. The van der Waals surface area contributed by atoms with E-state index in [0.29, 0.717) is 5.69 Å². The number of carbonyl (C=O) groups is 1. The van der Waals surface area contributed by atoms with E-state index in [1.807, 2.05) is 0 Å². The number of aliphatic hydroxyl groups excluding tert-OH is 1. The Bertz CT molecular complexity index is 327. The number of benzene rings is 1. The van der Waals surface area contributed by atoms with Crippen molar-refractivity contribution in [1.82, 2.24) is 0 Å². The Balaban J connectivity index is 2.79. The Labute approximate surface area is 79.8 Å². The predicted octanol–water partition coefficient (Wildman–Crippen LogP) is 0.976. The normalized spacial score (nSPS) is 9.69. The molecule has 0 unspecified atom stereocenters. The van der Waals surface area contributed by atoms with Gasteiger partial charge in [-0.05, 0) is 18.2 Å². The van der Waals surface area contributed by atoms with Gasteiger partial charge in [0.05, 0.1) is 5.02 Å². The molecule has 0 fully saturated rings. The first-order valence-corrected chi connectivity index (χ1v) is 3.90. The molecule has 1 aromatic carbocycles. The van der Waals surface area contributed by atoms with Crippen LogP contribution in [0.1, 0.15) is 0 Å². The molecule has 0 aliphatic heterocycles. The maximum atomic E-state index is 10.7. The van der Waals surface area contributed by atoms with Gasteiger partial charge in [0, 0.05) is 5.69 Å². The second kappa shape index (κ2) is 4.11. The zero-order chi connectivity index (χ0) is 9.84. The first kappa shape index (κ1) is 9.83. The third kappa shape index (κ3) is 2.61. The molecule has 0 atom stereocenters. The van der Waals surface area contributed by atoms with Crippen LogP contribution in [-0.4, -0.2) is 22.7 Å². The Morgan fingerprint density at radius 1 is 1.54 bits per heavy atom. The maximum absolute atomic E-state index is 10.7. The molecule has 0 spiro atoms. The van der Waals surface area contributed by atoms with Crippen LogP contribution in [0.3, 0.4) is 0 Å². The fourth-order valence-corrected chi connectivity index (χ4v) is 0.966. The van der Waals surface area contributed by atoms with E-state index in [0.717, 1.165) is 0 Å². The van der Waals surface area contributed by atoms with Gasteiger partial charge in [-0.25, -0.2) is 0 Å². The third-order valence-corrected chi connectivity index (χ3v) is 1.68. The highest BCUT2D eigenvalue weighted by atomic mass is 35.5. The Kier molecular flexibility index (Phi) is 3.11. The van der Waals surface area contributed by atoms with E-state index < -0.39 is 12.5 Å². The molecule has 0 radical (unpaired) electrons. The van der Waals surface area contributed by atoms with Gasteiger partial charge in [-0.2, -0.15) is 0 Å². The largest absolute Gasteiger partial charge is 0.506 e. The smallest absolute Gasteiger partial charge is 0.250 e. The number of rotatable bonds is 2. The molecule has 13 heavy (non-hydrogen) atoms. The third-order valence-electron chi connectivity index (χ3n) is 1.38. The highest BCUT2D eigenvalue weighted by Gasteiger charge is 2.02. The topological polar surface area (TPSA) is 69.6 Å². The van der Waals surface area contributed by atoms with Gasteiger partial charge >= 0.3 is 0 Å². The number of aromatic hydroxyl groups is 1. The van der Waals surface area contributed by atoms with Crippen molar-refractivity contribution >= 4 is 23.2 Å². The van der Waals surface area contributed by atoms with E-state index >= 15 is 0 Å². The van der Waals surface area contributed by atoms with Crippen molar-refractivity contribution in [2.24, 2.45) is 0 Å². The lowest BCUT2D eigenvalue weighted by molar-refractivity contribution is -0.118. The molecule has 0 aromatic heterocycles. The summed E-state index contributed by atoms with van der Waals surface area (Å²) in [5.74, 6) is -0.578. The first-order valence-electron chi connectivity index (χ1n) is 3.52. The minimum atomic E-state index is -0.585. The Hall–Kier alpha value is -1.26. The molecule has 1 amide bonds. The summed E-state index contributed by atoms with van der Waals surface area (Å²) in [6.45, 7) is -0.585. The summed E-state index contributed by atoms with van der Waals surface area (Å²) in [5.41, 5.74) is 0.432. The number of amides is 1. The summed E-state index contributed by atoms with van der Waals surface area (Å²) in [6.07, 6.45) is 0. The molecule has 1 aromatic rings. The SMILES string of the molecule is O=C(CO)Nc1ccc(O)c(Cl)c1. The Morgan fingerprint density at radius 3 is 2.77 bits per heavy atom. The maximum Gasteiger partial charge on any atom is 0.250 e. The summed E-state index contributed by atoms with van der Waals surface area (Å²) < 4.78 is 0. The van der Waals surface area contributed by atoms with E-state index in [4.69, 9.17) is 21.8 Å². The van der Waals surface area contributed by atoms with E-state index in [-0.39, 0.29) is 10.8 Å². The number of hydrogen-bond acceptors (Lipinski definition) is 3. The fraction of sp³-hybridized carbons (Fsp3) is 0.125. The van der Waals surface area contributed by atoms with E-state index in [1.54, 1.807) is 0 Å². The van der Waals surface area contributed by atoms with Crippen LogP contribution in [0.15, 0.2) is 18.2 Å². The summed E-state index contributed by atoms with van der Waals surface area (Å²) in [7, 11) is 0. The second-order valence-corrected chi connectivity index (χ2v) is 2.78. The van der Waals surface area contributed by atoms with Gasteiger partial charge in [-0.1, -0.05) is 11.6 Å². The van der Waals surface area contributed by atoms with Crippen molar-refractivity contribution in [1.29, 1.82) is 0 Å². The highest BCUT2D eigenvalue weighted by molar-refractivity contribution is 6.32. The van der Waals surface area contributed by atoms with Gasteiger partial charge in [0.1, 0.15) is 12.4 Å². The van der Waals surface area contributed by atoms with Gasteiger partial charge in [-0.15, -0.1) is 0 Å². The number of anilines is 1. The molecule has 70 valence electrons. The molecule has 0 saturated carbocycles. The highest BCUT2D eigenvalue weighted by Crippen LogP contribution is 2.25. The lowest BCUT2D eigenvalue weighted by Crippen LogP contribution is -2.15. The van der Waals surface area contributed by atoms with Crippen molar-refractivity contribution in [3.05, 3.63) is 23.2 Å². The monoisotopic (exact) mass is 201 g/mol. The van der Waals surface area contributed by atoms with Crippen molar-refractivity contribution in [2.75, 3.05) is 11.9 Å². The summed E-state index contributed by atoms with van der Waals surface area (Å²) in [4.78, 5) is 10.7. The molecule has 0 aliphatic rings. The van der Waals surface area contributed by atoms with Crippen LogP contribution in [0.25, 0.3) is 0 Å². The average molecular weight is 202 g/mol. The second-order valence-electron chi connectivity index (χ2n) is 2.37. The fourth-order valence-electron chi connectivity index (χ4n) is 0.785. The van der Waals surface area contributed by atoms with Gasteiger partial charge in [0.25, 0.3) is 0 Å². The Morgan fingerprint density at radius 2 is 2.23 bits per heavy atom. The number of halogens is 1. The number of phenols is 1. The average Bonchev–Trinajstić information content (AvgIpc) is 2.11. The van der Waals surface area contributed by atoms with Crippen molar-refractivity contribution in [2.45, 2.75) is 0 Å². The number of nitrogens with one attached hydrogen (secondary N) is 1. The molecule has 1 rings (SSSR count). The van der Waals surface area contributed by atoms with Gasteiger partial charge < -0.3 is 15.5 Å². The van der Waals surface area contributed by atoms with Gasteiger partial charge in [0.15, 0.2) is 0 Å². The summed E-state index contributed by atoms with van der Waals surface area (Å²) in [5, 5.41) is 20.0. The summed E-state index contributed by atoms with van der Waals surface area (Å²) in [6, 6.07) is 4.23. The minimum Gasteiger partial charge on any atom is -0.506 e. The van der Waals surface area contributed by atoms with Gasteiger partial charge in [0.2, 0.25) is 5.91 Å². The molecule has 0 saturated heterocycles. The lowest BCUT2D eigenvalue weighted by atomic mass is 10.3. The zero-order valence-corrected chi connectivity index (χ0v) is 7.38. The van der Waals surface area contributed by atoms with Crippen molar-refractivity contribution in [3.8, 4) is 5.75 Å². The van der Waals surface area contributed by atoms with Gasteiger partial charge in [-0.3, -0.25) is 4.79 Å². The van der Waals surface area contributed by atoms with E-state index in [9.17, 15) is 4.79 Å². The number of phenolic OH excluding ortho intramolecular Hbond substituents is 1. The van der Waals surface area contributed by atoms with Crippen LogP contribution < -0.4 is 5.32 Å². The number of hydrogen-bond donors (Lipinski definition) is 3. The van der Waals surface area contributed by atoms with Crippen LogP contribution in [0.5, 0.6) is 5.75 Å². The predicted molar refractivity (Wildman–Crippen MR) is 48.8 cm³/mol. The molecule has 3 N–H and O–H groups in total. The lowest BCUT2D eigenvalue weighted by Gasteiger charge is -2.03. The molecular weight excluding hydrogens is 194 g/mol. The van der Waals surface area contributed by atoms with Crippen LogP contribution in [0.4, 0.5) is 5.69 Å².